The van der Waals surface area contributed by atoms with Gasteiger partial charge in [-0.05, 0) is 48.0 Å². The number of carbonyl (C=O) groups is 2. The Morgan fingerprint density at radius 1 is 1.04 bits per heavy atom. The van der Waals surface area contributed by atoms with E-state index in [1.54, 1.807) is 6.07 Å². The van der Waals surface area contributed by atoms with Gasteiger partial charge in [0.2, 0.25) is 0 Å². The summed E-state index contributed by atoms with van der Waals surface area (Å²) in [6.45, 7) is 0. The monoisotopic (exact) mass is 308 g/mol. The summed E-state index contributed by atoms with van der Waals surface area (Å²) in [5.41, 5.74) is 0.970. The topological polar surface area (TPSA) is 110 Å². The summed E-state index contributed by atoms with van der Waals surface area (Å²) in [5.74, 6) is -1.58. The van der Waals surface area contributed by atoms with Gasteiger partial charge in [0.25, 0.3) is 5.91 Å². The Labute approximate surface area is 131 Å². The molecule has 0 aliphatic rings. The van der Waals surface area contributed by atoms with Crippen LogP contribution in [0.4, 0.5) is 5.69 Å². The average Bonchev–Trinajstić information content (AvgIpc) is 2.55. The molecule has 0 spiro atoms. The lowest BCUT2D eigenvalue weighted by atomic mass is 10.1. The van der Waals surface area contributed by atoms with Crippen LogP contribution in [0.25, 0.3) is 6.08 Å². The summed E-state index contributed by atoms with van der Waals surface area (Å²) in [7, 11) is 0. The maximum atomic E-state index is 12.0. The van der Waals surface area contributed by atoms with Crippen molar-refractivity contribution in [2.24, 2.45) is 0 Å². The van der Waals surface area contributed by atoms with Crippen molar-refractivity contribution >= 4 is 23.6 Å². The third-order valence-electron chi connectivity index (χ3n) is 2.96. The van der Waals surface area contributed by atoms with Crippen LogP contribution < -0.4 is 5.32 Å². The Balaban J connectivity index is 2.17. The molecule has 114 valence electrons. The summed E-state index contributed by atoms with van der Waals surface area (Å²) in [6, 6.07) is 13.4. The number of carbonyl (C=O) groups excluding carboxylic acids is 1. The van der Waals surface area contributed by atoms with E-state index in [0.29, 0.717) is 11.3 Å². The molecule has 0 radical (unpaired) electrons. The van der Waals surface area contributed by atoms with Crippen molar-refractivity contribution in [3.63, 3.8) is 0 Å². The number of rotatable bonds is 4. The normalized spacial score (nSPS) is 10.7. The number of benzene rings is 2. The molecule has 3 N–H and O–H groups in total. The SMILES string of the molecule is N#CC(=Cc1ccc(C(=O)O)cc1)C(=O)Nc1ccc(O)cc1. The fourth-order valence-corrected chi connectivity index (χ4v) is 1.78. The van der Waals surface area contributed by atoms with Crippen molar-refractivity contribution in [2.45, 2.75) is 0 Å². The van der Waals surface area contributed by atoms with Crippen LogP contribution in [0, 0.1) is 11.3 Å². The first-order chi connectivity index (χ1) is 11.0. The molecule has 0 saturated carbocycles. The van der Waals surface area contributed by atoms with Gasteiger partial charge in [-0.1, -0.05) is 12.1 Å². The highest BCUT2D eigenvalue weighted by Crippen LogP contribution is 2.15. The minimum absolute atomic E-state index is 0.0672. The van der Waals surface area contributed by atoms with Crippen molar-refractivity contribution in [2.75, 3.05) is 5.32 Å². The van der Waals surface area contributed by atoms with Crippen molar-refractivity contribution in [3.8, 4) is 11.8 Å². The molecule has 0 heterocycles. The van der Waals surface area contributed by atoms with Crippen LogP contribution in [0.1, 0.15) is 15.9 Å². The lowest BCUT2D eigenvalue weighted by molar-refractivity contribution is -0.112. The minimum Gasteiger partial charge on any atom is -0.508 e. The Kier molecular flexibility index (Phi) is 4.75. The highest BCUT2D eigenvalue weighted by molar-refractivity contribution is 6.09. The fraction of sp³-hybridized carbons (Fsp3) is 0. The first kappa shape index (κ1) is 15.8. The van der Waals surface area contributed by atoms with E-state index < -0.39 is 11.9 Å². The molecule has 0 fully saturated rings. The van der Waals surface area contributed by atoms with E-state index in [2.05, 4.69) is 5.32 Å². The smallest absolute Gasteiger partial charge is 0.335 e. The number of phenols is 1. The van der Waals surface area contributed by atoms with Crippen molar-refractivity contribution in [1.29, 1.82) is 5.26 Å². The van der Waals surface area contributed by atoms with E-state index >= 15 is 0 Å². The van der Waals surface area contributed by atoms with Gasteiger partial charge in [0, 0.05) is 5.69 Å². The van der Waals surface area contributed by atoms with Gasteiger partial charge in [-0.2, -0.15) is 5.26 Å². The second kappa shape index (κ2) is 6.91. The molecule has 0 aliphatic carbocycles. The zero-order valence-corrected chi connectivity index (χ0v) is 11.9. The number of nitrogens with one attached hydrogen (secondary N) is 1. The quantitative estimate of drug-likeness (QED) is 0.457. The maximum Gasteiger partial charge on any atom is 0.335 e. The molecule has 23 heavy (non-hydrogen) atoms. The third-order valence-corrected chi connectivity index (χ3v) is 2.96. The Morgan fingerprint density at radius 2 is 1.65 bits per heavy atom. The van der Waals surface area contributed by atoms with Crippen LogP contribution in [-0.2, 0) is 4.79 Å². The largest absolute Gasteiger partial charge is 0.508 e. The number of carboxylic acid groups (broad SMARTS) is 1. The molecule has 1 amide bonds. The summed E-state index contributed by atoms with van der Waals surface area (Å²) in [6.07, 6.45) is 1.36. The van der Waals surface area contributed by atoms with E-state index in [0.717, 1.165) is 0 Å². The van der Waals surface area contributed by atoms with Crippen LogP contribution in [0.2, 0.25) is 0 Å². The van der Waals surface area contributed by atoms with E-state index in [4.69, 9.17) is 10.4 Å². The van der Waals surface area contributed by atoms with Crippen molar-refractivity contribution in [1.82, 2.24) is 0 Å². The average molecular weight is 308 g/mol. The van der Waals surface area contributed by atoms with Crippen LogP contribution in [0.15, 0.2) is 54.1 Å². The summed E-state index contributed by atoms with van der Waals surface area (Å²) >= 11 is 0. The van der Waals surface area contributed by atoms with Gasteiger partial charge in [0.05, 0.1) is 5.56 Å². The lowest BCUT2D eigenvalue weighted by Gasteiger charge is -2.04. The molecular weight excluding hydrogens is 296 g/mol. The summed E-state index contributed by atoms with van der Waals surface area (Å²) in [4.78, 5) is 22.8. The number of nitrogens with zero attached hydrogens (tertiary/aromatic N) is 1. The Morgan fingerprint density at radius 3 is 2.17 bits per heavy atom. The van der Waals surface area contributed by atoms with E-state index in [9.17, 15) is 14.7 Å². The van der Waals surface area contributed by atoms with Gasteiger partial charge >= 0.3 is 5.97 Å². The molecule has 0 saturated heterocycles. The van der Waals surface area contributed by atoms with Crippen molar-refractivity contribution in [3.05, 3.63) is 65.2 Å². The molecule has 0 aromatic heterocycles. The van der Waals surface area contributed by atoms with Crippen LogP contribution in [-0.4, -0.2) is 22.1 Å². The zero-order chi connectivity index (χ0) is 16.8. The summed E-state index contributed by atoms with van der Waals surface area (Å²) < 4.78 is 0. The first-order valence-electron chi connectivity index (χ1n) is 6.55. The van der Waals surface area contributed by atoms with Gasteiger partial charge in [-0.25, -0.2) is 4.79 Å². The molecule has 0 unspecified atom stereocenters. The molecule has 2 rings (SSSR count). The summed E-state index contributed by atoms with van der Waals surface area (Å²) in [5, 5.41) is 29.7. The van der Waals surface area contributed by atoms with Gasteiger partial charge in [0.15, 0.2) is 0 Å². The third kappa shape index (κ3) is 4.19. The van der Waals surface area contributed by atoms with E-state index in [-0.39, 0.29) is 16.9 Å². The molecule has 6 nitrogen and oxygen atoms in total. The number of phenolic OH excluding ortho intramolecular Hbond substituents is 1. The molecule has 2 aromatic rings. The number of aromatic carboxylic acids is 1. The number of hydrogen-bond donors (Lipinski definition) is 3. The minimum atomic E-state index is -1.05. The van der Waals surface area contributed by atoms with Gasteiger partial charge in [0.1, 0.15) is 17.4 Å². The van der Waals surface area contributed by atoms with Crippen LogP contribution >= 0.6 is 0 Å². The lowest BCUT2D eigenvalue weighted by Crippen LogP contribution is -2.13. The van der Waals surface area contributed by atoms with Crippen LogP contribution in [0.5, 0.6) is 5.75 Å². The molecule has 6 heteroatoms. The van der Waals surface area contributed by atoms with Gasteiger partial charge < -0.3 is 15.5 Å². The maximum absolute atomic E-state index is 12.0. The first-order valence-corrected chi connectivity index (χ1v) is 6.55. The number of aromatic hydroxyl groups is 1. The number of amides is 1. The Bertz CT molecular complexity index is 800. The van der Waals surface area contributed by atoms with Gasteiger partial charge in [-0.3, -0.25) is 4.79 Å². The van der Waals surface area contributed by atoms with Crippen LogP contribution in [0.3, 0.4) is 0 Å². The van der Waals surface area contributed by atoms with E-state index in [1.165, 1.54) is 54.6 Å². The number of hydrogen-bond acceptors (Lipinski definition) is 4. The van der Waals surface area contributed by atoms with Crippen molar-refractivity contribution < 1.29 is 19.8 Å². The zero-order valence-electron chi connectivity index (χ0n) is 11.9. The number of nitriles is 1. The predicted octanol–water partition coefficient (Wildman–Crippen LogP) is 2.64. The molecule has 0 bridgehead atoms. The van der Waals surface area contributed by atoms with Gasteiger partial charge in [-0.15, -0.1) is 0 Å². The predicted molar refractivity (Wildman–Crippen MR) is 83.7 cm³/mol. The molecular formula is C17H12N2O4. The number of carboxylic acids is 1. The second-order valence-corrected chi connectivity index (χ2v) is 4.60. The standard InChI is InChI=1S/C17H12N2O4/c18-10-13(9-11-1-3-12(4-2-11)17(22)23)16(21)19-14-5-7-15(20)8-6-14/h1-9,20H,(H,19,21)(H,22,23). The fourth-order valence-electron chi connectivity index (χ4n) is 1.78. The highest BCUT2D eigenvalue weighted by Gasteiger charge is 2.10. The van der Waals surface area contributed by atoms with E-state index in [1.807, 2.05) is 0 Å². The molecule has 0 atom stereocenters. The highest BCUT2D eigenvalue weighted by atomic mass is 16.4. The number of anilines is 1. The molecule has 0 aliphatic heterocycles. The second-order valence-electron chi connectivity index (χ2n) is 4.60. The molecule has 2 aromatic carbocycles. The Hall–Kier alpha value is -3.59.